The summed E-state index contributed by atoms with van der Waals surface area (Å²) < 4.78 is 5.96. The Bertz CT molecular complexity index is 1000. The van der Waals surface area contributed by atoms with E-state index in [0.29, 0.717) is 24.2 Å². The Morgan fingerprint density at radius 2 is 1.71 bits per heavy atom. The first-order valence-electron chi connectivity index (χ1n) is 13.2. The van der Waals surface area contributed by atoms with Crippen LogP contribution in [-0.4, -0.2) is 68.1 Å². The van der Waals surface area contributed by atoms with Crippen molar-refractivity contribution in [2.75, 3.05) is 57.3 Å². The molecule has 1 amide bonds. The molecule has 2 fully saturated rings. The van der Waals surface area contributed by atoms with E-state index in [4.69, 9.17) is 4.74 Å². The minimum atomic E-state index is -0.0348. The molecule has 2 aromatic rings. The van der Waals surface area contributed by atoms with Crippen molar-refractivity contribution in [2.24, 2.45) is 0 Å². The first-order chi connectivity index (χ1) is 17.2. The normalized spacial score (nSPS) is 16.7. The Hall–Kier alpha value is -3.04. The van der Waals surface area contributed by atoms with E-state index < -0.39 is 0 Å². The summed E-state index contributed by atoms with van der Waals surface area (Å²) in [5.74, 6) is 0.879. The number of benzene rings is 2. The van der Waals surface area contributed by atoms with E-state index in [1.54, 1.807) is 6.07 Å². The quantitative estimate of drug-likeness (QED) is 0.492. The summed E-state index contributed by atoms with van der Waals surface area (Å²) in [6.45, 7) is 9.31. The number of hydrogen-bond acceptors (Lipinski definition) is 5. The molecule has 2 aromatic carbocycles. The third kappa shape index (κ3) is 6.76. The molecule has 2 saturated heterocycles. The number of piperazine rings is 1. The molecule has 0 atom stereocenters. The van der Waals surface area contributed by atoms with Crippen LogP contribution >= 0.6 is 0 Å². The van der Waals surface area contributed by atoms with E-state index in [1.165, 1.54) is 32.4 Å². The molecule has 0 N–H and O–H groups in total. The van der Waals surface area contributed by atoms with Crippen LogP contribution in [0.1, 0.15) is 60.5 Å². The first-order valence-corrected chi connectivity index (χ1v) is 13.2. The van der Waals surface area contributed by atoms with Crippen molar-refractivity contribution in [1.29, 1.82) is 5.26 Å². The van der Waals surface area contributed by atoms with E-state index in [-0.39, 0.29) is 5.91 Å². The molecule has 0 unspecified atom stereocenters. The van der Waals surface area contributed by atoms with E-state index >= 15 is 0 Å². The zero-order valence-electron chi connectivity index (χ0n) is 21.0. The van der Waals surface area contributed by atoms with Crippen LogP contribution in [0.5, 0.6) is 5.75 Å². The fourth-order valence-corrected chi connectivity index (χ4v) is 5.06. The maximum absolute atomic E-state index is 13.2. The van der Waals surface area contributed by atoms with Crippen molar-refractivity contribution in [2.45, 2.75) is 45.4 Å². The van der Waals surface area contributed by atoms with Gasteiger partial charge in [0.05, 0.1) is 23.8 Å². The summed E-state index contributed by atoms with van der Waals surface area (Å²) in [5, 5.41) is 9.49. The Kier molecular flexibility index (Phi) is 9.02. The maximum atomic E-state index is 13.2. The van der Waals surface area contributed by atoms with Gasteiger partial charge in [-0.1, -0.05) is 25.8 Å². The zero-order valence-corrected chi connectivity index (χ0v) is 21.0. The molecule has 0 aromatic heterocycles. The van der Waals surface area contributed by atoms with E-state index in [2.05, 4.69) is 34.9 Å². The molecule has 2 aliphatic heterocycles. The molecular formula is C29H38N4O2. The second-order valence-electron chi connectivity index (χ2n) is 9.62. The van der Waals surface area contributed by atoms with Gasteiger partial charge in [-0.3, -0.25) is 4.79 Å². The minimum Gasteiger partial charge on any atom is -0.494 e. The fourth-order valence-electron chi connectivity index (χ4n) is 5.06. The van der Waals surface area contributed by atoms with Gasteiger partial charge in [0.15, 0.2) is 0 Å². The number of likely N-dealkylation sites (tertiary alicyclic amines) is 1. The van der Waals surface area contributed by atoms with Crippen molar-refractivity contribution in [1.82, 2.24) is 9.80 Å². The Morgan fingerprint density at radius 1 is 0.971 bits per heavy atom. The Labute approximate surface area is 210 Å². The van der Waals surface area contributed by atoms with Crippen molar-refractivity contribution in [3.05, 3.63) is 59.2 Å². The number of ether oxygens (including phenoxy) is 1. The lowest BCUT2D eigenvalue weighted by Crippen LogP contribution is -2.49. The van der Waals surface area contributed by atoms with Gasteiger partial charge in [-0.2, -0.15) is 5.26 Å². The fraction of sp³-hybridized carbons (Fsp3) is 0.517. The van der Waals surface area contributed by atoms with Gasteiger partial charge in [-0.25, -0.2) is 0 Å². The van der Waals surface area contributed by atoms with Crippen molar-refractivity contribution in [3.63, 3.8) is 0 Å². The number of carbonyl (C=O) groups is 1. The summed E-state index contributed by atoms with van der Waals surface area (Å²) in [6, 6.07) is 16.1. The molecule has 0 spiro atoms. The number of hydrogen-bond donors (Lipinski definition) is 0. The lowest BCUT2D eigenvalue weighted by Gasteiger charge is -2.36. The molecule has 0 saturated carbocycles. The lowest BCUT2D eigenvalue weighted by atomic mass is 10.0. The third-order valence-electron chi connectivity index (χ3n) is 7.08. The number of rotatable bonds is 9. The van der Waals surface area contributed by atoms with Crippen LogP contribution in [0.15, 0.2) is 42.5 Å². The maximum Gasteiger partial charge on any atom is 0.255 e. The van der Waals surface area contributed by atoms with Gasteiger partial charge < -0.3 is 19.4 Å². The number of anilines is 1. The van der Waals surface area contributed by atoms with Crippen molar-refractivity contribution >= 4 is 11.6 Å². The molecule has 0 bridgehead atoms. The Morgan fingerprint density at radius 3 is 2.40 bits per heavy atom. The molecule has 2 heterocycles. The second-order valence-corrected chi connectivity index (χ2v) is 9.62. The molecule has 4 rings (SSSR count). The SMILES string of the molecule is CCCc1ccc(C#N)c(C(=O)N2CCN(c3ccc(OCCCN4CCCCC4)cc3)CC2)c1. The number of aryl methyl sites for hydroxylation is 1. The highest BCUT2D eigenvalue weighted by Gasteiger charge is 2.24. The summed E-state index contributed by atoms with van der Waals surface area (Å²) in [4.78, 5) is 19.9. The molecule has 0 aliphatic carbocycles. The molecule has 2 aliphatic rings. The Balaban J connectivity index is 1.25. The predicted octanol–water partition coefficient (Wildman–Crippen LogP) is 4.73. The highest BCUT2D eigenvalue weighted by molar-refractivity contribution is 5.97. The number of nitrogens with zero attached hydrogens (tertiary/aromatic N) is 4. The third-order valence-corrected chi connectivity index (χ3v) is 7.08. The number of nitriles is 1. The average Bonchev–Trinajstić information content (AvgIpc) is 2.92. The lowest BCUT2D eigenvalue weighted by molar-refractivity contribution is 0.0746. The smallest absolute Gasteiger partial charge is 0.255 e. The highest BCUT2D eigenvalue weighted by Crippen LogP contribution is 2.22. The standard InChI is InChI=1S/C29H38N4O2/c1-2-7-24-8-9-25(23-30)28(22-24)29(34)33-19-17-32(18-20-33)26-10-12-27(13-11-26)35-21-6-16-31-14-4-3-5-15-31/h8-13,22H,2-7,14-21H2,1H3. The second kappa shape index (κ2) is 12.6. The predicted molar refractivity (Wildman–Crippen MR) is 140 cm³/mol. The molecule has 6 heteroatoms. The van der Waals surface area contributed by atoms with Gasteiger partial charge >= 0.3 is 0 Å². The van der Waals surface area contributed by atoms with Gasteiger partial charge in [0, 0.05) is 38.4 Å². The number of carbonyl (C=O) groups excluding carboxylic acids is 1. The van der Waals surface area contributed by atoms with Gasteiger partial charge in [0.2, 0.25) is 0 Å². The monoisotopic (exact) mass is 474 g/mol. The van der Waals surface area contributed by atoms with Crippen molar-refractivity contribution < 1.29 is 9.53 Å². The van der Waals surface area contributed by atoms with Crippen LogP contribution in [0.2, 0.25) is 0 Å². The van der Waals surface area contributed by atoms with Gasteiger partial charge in [-0.15, -0.1) is 0 Å². The van der Waals surface area contributed by atoms with Gasteiger partial charge in [-0.05, 0) is 80.7 Å². The van der Waals surface area contributed by atoms with Crippen LogP contribution in [0.3, 0.4) is 0 Å². The van der Waals surface area contributed by atoms with E-state index in [9.17, 15) is 10.1 Å². The average molecular weight is 475 g/mol. The van der Waals surface area contributed by atoms with Crippen LogP contribution in [0.4, 0.5) is 5.69 Å². The molecule has 6 nitrogen and oxygen atoms in total. The van der Waals surface area contributed by atoms with Gasteiger partial charge in [0.25, 0.3) is 5.91 Å². The van der Waals surface area contributed by atoms with Crippen LogP contribution < -0.4 is 9.64 Å². The topological polar surface area (TPSA) is 59.8 Å². The molecule has 0 radical (unpaired) electrons. The summed E-state index contributed by atoms with van der Waals surface area (Å²) in [5.41, 5.74) is 3.26. The molecule has 186 valence electrons. The number of piperidine rings is 1. The summed E-state index contributed by atoms with van der Waals surface area (Å²) >= 11 is 0. The van der Waals surface area contributed by atoms with Crippen LogP contribution in [0, 0.1) is 11.3 Å². The molecule has 35 heavy (non-hydrogen) atoms. The number of amides is 1. The van der Waals surface area contributed by atoms with E-state index in [0.717, 1.165) is 62.5 Å². The highest BCUT2D eigenvalue weighted by atomic mass is 16.5. The zero-order chi connectivity index (χ0) is 24.5. The van der Waals surface area contributed by atoms with E-state index in [1.807, 2.05) is 29.2 Å². The summed E-state index contributed by atoms with van der Waals surface area (Å²) in [7, 11) is 0. The molecular weight excluding hydrogens is 436 g/mol. The summed E-state index contributed by atoms with van der Waals surface area (Å²) in [6.07, 6.45) is 7.03. The largest absolute Gasteiger partial charge is 0.494 e. The van der Waals surface area contributed by atoms with Gasteiger partial charge in [0.1, 0.15) is 5.75 Å². The van der Waals surface area contributed by atoms with Crippen LogP contribution in [-0.2, 0) is 6.42 Å². The van der Waals surface area contributed by atoms with Crippen molar-refractivity contribution in [3.8, 4) is 11.8 Å². The minimum absolute atomic E-state index is 0.0348. The first kappa shape index (κ1) is 25.1. The van der Waals surface area contributed by atoms with Crippen LogP contribution in [0.25, 0.3) is 0 Å².